The third kappa shape index (κ3) is 4.84. The van der Waals surface area contributed by atoms with Crippen molar-refractivity contribution in [3.8, 4) is 5.75 Å². The summed E-state index contributed by atoms with van der Waals surface area (Å²) in [6, 6.07) is 17.2. The zero-order valence-corrected chi connectivity index (χ0v) is 14.0. The Labute approximate surface area is 142 Å². The minimum Gasteiger partial charge on any atom is -0.496 e. The Bertz CT molecular complexity index is 686. The van der Waals surface area contributed by atoms with Gasteiger partial charge in [0.25, 0.3) is 0 Å². The molecule has 0 atom stereocenters. The Balaban J connectivity index is 1.82. The Morgan fingerprint density at radius 2 is 1.71 bits per heavy atom. The van der Waals surface area contributed by atoms with Crippen molar-refractivity contribution in [2.45, 2.75) is 13.0 Å². The lowest BCUT2D eigenvalue weighted by Gasteiger charge is -2.17. The Kier molecular flexibility index (Phi) is 6.37. The molecule has 0 bridgehead atoms. The smallest absolute Gasteiger partial charge is 0.311 e. The van der Waals surface area contributed by atoms with E-state index in [1.165, 1.54) is 4.90 Å². The number of hydrogen-bond acceptors (Lipinski definition) is 3. The third-order valence-electron chi connectivity index (χ3n) is 3.68. The summed E-state index contributed by atoms with van der Waals surface area (Å²) in [5.74, 6) is -0.360. The van der Waals surface area contributed by atoms with Crippen LogP contribution in [0.1, 0.15) is 11.1 Å². The molecule has 0 aliphatic rings. The first-order chi connectivity index (χ1) is 11.6. The van der Waals surface area contributed by atoms with Gasteiger partial charge in [-0.25, -0.2) is 0 Å². The summed E-state index contributed by atoms with van der Waals surface area (Å²) in [6.45, 7) is 0.781. The Morgan fingerprint density at radius 1 is 1.04 bits per heavy atom. The number of rotatable bonds is 6. The fraction of sp³-hybridized carbons (Fsp3) is 0.263. The van der Waals surface area contributed by atoms with Crippen molar-refractivity contribution >= 4 is 11.8 Å². The van der Waals surface area contributed by atoms with Crippen molar-refractivity contribution in [1.29, 1.82) is 0 Å². The molecule has 0 aromatic heterocycles. The average molecular weight is 326 g/mol. The number of nitrogens with one attached hydrogen (secondary N) is 1. The summed E-state index contributed by atoms with van der Waals surface area (Å²) >= 11 is 0. The van der Waals surface area contributed by atoms with Gasteiger partial charge in [0, 0.05) is 20.1 Å². The van der Waals surface area contributed by atoms with Gasteiger partial charge in [-0.3, -0.25) is 9.59 Å². The van der Waals surface area contributed by atoms with Crippen molar-refractivity contribution in [3.05, 3.63) is 65.7 Å². The van der Waals surface area contributed by atoms with E-state index in [4.69, 9.17) is 4.74 Å². The van der Waals surface area contributed by atoms with Gasteiger partial charge in [0.2, 0.25) is 0 Å². The zero-order valence-electron chi connectivity index (χ0n) is 14.0. The van der Waals surface area contributed by atoms with Gasteiger partial charge in [-0.15, -0.1) is 0 Å². The van der Waals surface area contributed by atoms with Gasteiger partial charge in [-0.05, 0) is 23.6 Å². The van der Waals surface area contributed by atoms with Crippen LogP contribution in [0.15, 0.2) is 54.6 Å². The molecule has 126 valence electrons. The molecule has 0 aliphatic heterocycles. The Hall–Kier alpha value is -2.82. The van der Waals surface area contributed by atoms with Crippen molar-refractivity contribution in [3.63, 3.8) is 0 Å². The second-order valence-electron chi connectivity index (χ2n) is 5.46. The number of carbonyl (C=O) groups excluding carboxylic acids is 2. The molecule has 2 aromatic carbocycles. The van der Waals surface area contributed by atoms with E-state index < -0.39 is 11.8 Å². The number of ether oxygens (including phenoxy) is 1. The normalized spacial score (nSPS) is 10.1. The molecule has 0 radical (unpaired) electrons. The van der Waals surface area contributed by atoms with E-state index in [2.05, 4.69) is 5.32 Å². The van der Waals surface area contributed by atoms with E-state index in [1.54, 1.807) is 14.2 Å². The van der Waals surface area contributed by atoms with Crippen LogP contribution in [0.2, 0.25) is 0 Å². The molecule has 1 N–H and O–H groups in total. The van der Waals surface area contributed by atoms with Gasteiger partial charge in [-0.1, -0.05) is 48.5 Å². The van der Waals surface area contributed by atoms with Crippen LogP contribution < -0.4 is 10.1 Å². The summed E-state index contributed by atoms with van der Waals surface area (Å²) < 4.78 is 5.27. The minimum atomic E-state index is -0.594. The fourth-order valence-corrected chi connectivity index (χ4v) is 2.40. The van der Waals surface area contributed by atoms with Gasteiger partial charge in [-0.2, -0.15) is 0 Å². The molecule has 0 heterocycles. The highest BCUT2D eigenvalue weighted by atomic mass is 16.5. The second kappa shape index (κ2) is 8.72. The predicted octanol–water partition coefficient (Wildman–Crippen LogP) is 2.01. The molecule has 0 spiro atoms. The number of hydrogen-bond donors (Lipinski definition) is 1. The van der Waals surface area contributed by atoms with Gasteiger partial charge in [0.05, 0.1) is 7.11 Å². The molecule has 0 unspecified atom stereocenters. The third-order valence-corrected chi connectivity index (χ3v) is 3.68. The minimum absolute atomic E-state index is 0.379. The van der Waals surface area contributed by atoms with Gasteiger partial charge >= 0.3 is 11.8 Å². The maximum absolute atomic E-state index is 12.1. The number of amides is 2. The molecule has 5 nitrogen and oxygen atoms in total. The number of nitrogens with zero attached hydrogens (tertiary/aromatic N) is 1. The topological polar surface area (TPSA) is 58.6 Å². The largest absolute Gasteiger partial charge is 0.496 e. The molecule has 0 fully saturated rings. The van der Waals surface area contributed by atoms with Crippen molar-refractivity contribution < 1.29 is 14.3 Å². The van der Waals surface area contributed by atoms with Crippen molar-refractivity contribution in [1.82, 2.24) is 10.2 Å². The van der Waals surface area contributed by atoms with Crippen LogP contribution in [0.4, 0.5) is 0 Å². The molecule has 2 rings (SSSR count). The van der Waals surface area contributed by atoms with E-state index in [9.17, 15) is 9.59 Å². The SMILES string of the molecule is COc1ccccc1CCNC(=O)C(=O)N(C)Cc1ccccc1. The summed E-state index contributed by atoms with van der Waals surface area (Å²) in [4.78, 5) is 25.5. The maximum atomic E-state index is 12.1. The van der Waals surface area contributed by atoms with E-state index >= 15 is 0 Å². The fourth-order valence-electron chi connectivity index (χ4n) is 2.40. The van der Waals surface area contributed by atoms with Gasteiger partial charge < -0.3 is 15.0 Å². The average Bonchev–Trinajstić information content (AvgIpc) is 2.62. The number of benzene rings is 2. The summed E-state index contributed by atoms with van der Waals surface area (Å²) in [7, 11) is 3.23. The molecule has 5 heteroatoms. The lowest BCUT2D eigenvalue weighted by molar-refractivity contribution is -0.145. The van der Waals surface area contributed by atoms with Crippen LogP contribution in [0, 0.1) is 0 Å². The molecular formula is C19H22N2O3. The lowest BCUT2D eigenvalue weighted by Crippen LogP contribution is -2.41. The summed E-state index contributed by atoms with van der Waals surface area (Å²) in [5.41, 5.74) is 1.97. The first kappa shape index (κ1) is 17.5. The molecule has 2 aromatic rings. The lowest BCUT2D eigenvalue weighted by atomic mass is 10.1. The predicted molar refractivity (Wildman–Crippen MR) is 92.6 cm³/mol. The van der Waals surface area contributed by atoms with Crippen LogP contribution in [-0.4, -0.2) is 37.4 Å². The maximum Gasteiger partial charge on any atom is 0.311 e. The van der Waals surface area contributed by atoms with Crippen LogP contribution in [0.5, 0.6) is 5.75 Å². The monoisotopic (exact) mass is 326 g/mol. The number of methoxy groups -OCH3 is 1. The highest BCUT2D eigenvalue weighted by Gasteiger charge is 2.18. The van der Waals surface area contributed by atoms with E-state index in [-0.39, 0.29) is 0 Å². The molecule has 0 saturated heterocycles. The van der Waals surface area contributed by atoms with E-state index in [0.29, 0.717) is 19.5 Å². The van der Waals surface area contributed by atoms with Crippen LogP contribution in [0.3, 0.4) is 0 Å². The van der Waals surface area contributed by atoms with Crippen LogP contribution >= 0.6 is 0 Å². The van der Waals surface area contributed by atoms with Gasteiger partial charge in [0.1, 0.15) is 5.75 Å². The van der Waals surface area contributed by atoms with Gasteiger partial charge in [0.15, 0.2) is 0 Å². The first-order valence-corrected chi connectivity index (χ1v) is 7.81. The Morgan fingerprint density at radius 3 is 2.42 bits per heavy atom. The van der Waals surface area contributed by atoms with Crippen LogP contribution in [-0.2, 0) is 22.6 Å². The molecule has 0 saturated carbocycles. The second-order valence-corrected chi connectivity index (χ2v) is 5.46. The quantitative estimate of drug-likeness (QED) is 0.826. The molecule has 24 heavy (non-hydrogen) atoms. The molecule has 2 amide bonds. The van der Waals surface area contributed by atoms with Crippen molar-refractivity contribution in [2.75, 3.05) is 20.7 Å². The van der Waals surface area contributed by atoms with E-state index in [1.807, 2.05) is 54.6 Å². The first-order valence-electron chi connectivity index (χ1n) is 7.81. The number of para-hydroxylation sites is 1. The van der Waals surface area contributed by atoms with E-state index in [0.717, 1.165) is 16.9 Å². The number of carbonyl (C=O) groups is 2. The standard InChI is InChI=1S/C19H22N2O3/c1-21(14-15-8-4-3-5-9-15)19(23)18(22)20-13-12-16-10-6-7-11-17(16)24-2/h3-11H,12-14H2,1-2H3,(H,20,22). The molecule has 0 aliphatic carbocycles. The molecular weight excluding hydrogens is 304 g/mol. The summed E-state index contributed by atoms with van der Waals surface area (Å²) in [6.07, 6.45) is 0.603. The number of likely N-dealkylation sites (N-methyl/N-ethyl adjacent to an activating group) is 1. The van der Waals surface area contributed by atoms with Crippen LogP contribution in [0.25, 0.3) is 0 Å². The summed E-state index contributed by atoms with van der Waals surface area (Å²) in [5, 5.41) is 2.66. The van der Waals surface area contributed by atoms with Crippen molar-refractivity contribution in [2.24, 2.45) is 0 Å². The zero-order chi connectivity index (χ0) is 17.4. The highest BCUT2D eigenvalue weighted by Crippen LogP contribution is 2.17. The highest BCUT2D eigenvalue weighted by molar-refractivity contribution is 6.34.